The maximum atomic E-state index is 12.3. The Hall–Kier alpha value is -2.49. The Bertz CT molecular complexity index is 874. The van der Waals surface area contributed by atoms with Crippen molar-refractivity contribution in [3.8, 4) is 17.6 Å². The first-order valence-electron chi connectivity index (χ1n) is 7.67. The van der Waals surface area contributed by atoms with Crippen LogP contribution in [0.2, 0.25) is 5.02 Å². The summed E-state index contributed by atoms with van der Waals surface area (Å²) >= 11 is 9.55. The molecule has 134 valence electrons. The Morgan fingerprint density at radius 2 is 2.04 bits per heavy atom. The van der Waals surface area contributed by atoms with Gasteiger partial charge in [0.1, 0.15) is 11.6 Å². The topological polar surface area (TPSA) is 71.3 Å². The highest BCUT2D eigenvalue weighted by atomic mass is 79.9. The molecule has 0 saturated heterocycles. The molecule has 0 spiro atoms. The summed E-state index contributed by atoms with van der Waals surface area (Å²) < 4.78 is 11.6. The first kappa shape index (κ1) is 19.8. The number of carbonyl (C=O) groups excluding carboxylic acids is 1. The van der Waals surface area contributed by atoms with Crippen molar-refractivity contribution in [1.82, 2.24) is 0 Å². The number of rotatable bonds is 6. The molecule has 0 atom stereocenters. The third-order valence-corrected chi connectivity index (χ3v) is 4.13. The number of methoxy groups -OCH3 is 1. The van der Waals surface area contributed by atoms with Crippen LogP contribution in [0.1, 0.15) is 12.5 Å². The predicted octanol–water partition coefficient (Wildman–Crippen LogP) is 5.06. The fourth-order valence-electron chi connectivity index (χ4n) is 2.15. The molecular weight excluding hydrogens is 420 g/mol. The maximum absolute atomic E-state index is 12.3. The lowest BCUT2D eigenvalue weighted by Crippen LogP contribution is -2.13. The summed E-state index contributed by atoms with van der Waals surface area (Å²) in [6.45, 7) is 2.27. The van der Waals surface area contributed by atoms with Crippen LogP contribution in [0.5, 0.6) is 11.5 Å². The van der Waals surface area contributed by atoms with Crippen LogP contribution in [0.3, 0.4) is 0 Å². The zero-order chi connectivity index (χ0) is 19.1. The number of halogens is 2. The second-order valence-corrected chi connectivity index (χ2v) is 6.42. The Kier molecular flexibility index (Phi) is 7.07. The normalized spacial score (nSPS) is 10.8. The summed E-state index contributed by atoms with van der Waals surface area (Å²) in [7, 11) is 1.49. The van der Waals surface area contributed by atoms with E-state index in [1.165, 1.54) is 13.2 Å². The van der Waals surface area contributed by atoms with Crippen molar-refractivity contribution in [3.63, 3.8) is 0 Å². The molecule has 26 heavy (non-hydrogen) atoms. The van der Waals surface area contributed by atoms with E-state index in [-0.39, 0.29) is 5.57 Å². The van der Waals surface area contributed by atoms with Crippen LogP contribution in [0.25, 0.3) is 6.08 Å². The lowest BCUT2D eigenvalue weighted by atomic mass is 10.1. The molecule has 0 aliphatic carbocycles. The molecule has 5 nitrogen and oxygen atoms in total. The average molecular weight is 436 g/mol. The van der Waals surface area contributed by atoms with Gasteiger partial charge in [0.2, 0.25) is 0 Å². The number of nitriles is 1. The van der Waals surface area contributed by atoms with Crippen molar-refractivity contribution in [2.45, 2.75) is 6.92 Å². The number of nitrogens with one attached hydrogen (secondary N) is 1. The molecule has 2 rings (SSSR count). The summed E-state index contributed by atoms with van der Waals surface area (Å²) in [6.07, 6.45) is 1.44. The predicted molar refractivity (Wildman–Crippen MR) is 106 cm³/mol. The Morgan fingerprint density at radius 3 is 2.62 bits per heavy atom. The van der Waals surface area contributed by atoms with Crippen LogP contribution >= 0.6 is 27.5 Å². The molecule has 2 aromatic rings. The third-order valence-electron chi connectivity index (χ3n) is 3.32. The lowest BCUT2D eigenvalue weighted by molar-refractivity contribution is -0.112. The van der Waals surface area contributed by atoms with Gasteiger partial charge in [0.25, 0.3) is 5.91 Å². The second kappa shape index (κ2) is 9.27. The number of anilines is 1. The van der Waals surface area contributed by atoms with Crippen molar-refractivity contribution in [3.05, 3.63) is 57.0 Å². The third kappa shape index (κ3) is 5.01. The Balaban J connectivity index is 2.30. The van der Waals surface area contributed by atoms with E-state index in [0.29, 0.717) is 34.4 Å². The van der Waals surface area contributed by atoms with Gasteiger partial charge in [-0.15, -0.1) is 0 Å². The number of ether oxygens (including phenoxy) is 2. The number of nitrogens with zero attached hydrogens (tertiary/aromatic N) is 1. The first-order valence-corrected chi connectivity index (χ1v) is 8.84. The zero-order valence-electron chi connectivity index (χ0n) is 14.2. The summed E-state index contributed by atoms with van der Waals surface area (Å²) in [4.78, 5) is 12.3. The van der Waals surface area contributed by atoms with Gasteiger partial charge in [-0.05, 0) is 55.0 Å². The van der Waals surface area contributed by atoms with Crippen LogP contribution in [-0.4, -0.2) is 19.6 Å². The monoisotopic (exact) mass is 434 g/mol. The SMILES string of the molecule is CCOc1c(Cl)cc(/C=C(/C#N)C(=O)Nc2ccc(Br)cc2)cc1OC. The summed E-state index contributed by atoms with van der Waals surface area (Å²) in [6, 6.07) is 12.2. The van der Waals surface area contributed by atoms with E-state index in [0.717, 1.165) is 4.47 Å². The van der Waals surface area contributed by atoms with E-state index in [1.807, 2.05) is 13.0 Å². The lowest BCUT2D eigenvalue weighted by Gasteiger charge is -2.12. The minimum Gasteiger partial charge on any atom is -0.493 e. The van der Waals surface area contributed by atoms with Gasteiger partial charge in [-0.2, -0.15) is 5.26 Å². The molecule has 0 saturated carbocycles. The maximum Gasteiger partial charge on any atom is 0.266 e. The molecule has 0 aliphatic rings. The van der Waals surface area contributed by atoms with Crippen LogP contribution < -0.4 is 14.8 Å². The number of benzene rings is 2. The summed E-state index contributed by atoms with van der Waals surface area (Å²) in [5, 5.41) is 12.4. The van der Waals surface area contributed by atoms with Crippen LogP contribution in [0, 0.1) is 11.3 Å². The largest absolute Gasteiger partial charge is 0.493 e. The van der Waals surface area contributed by atoms with Crippen molar-refractivity contribution >= 4 is 45.2 Å². The zero-order valence-corrected chi connectivity index (χ0v) is 16.5. The van der Waals surface area contributed by atoms with E-state index < -0.39 is 5.91 Å². The average Bonchev–Trinajstić information content (AvgIpc) is 2.63. The fourth-order valence-corrected chi connectivity index (χ4v) is 2.69. The molecule has 0 aromatic heterocycles. The molecule has 0 bridgehead atoms. The van der Waals surface area contributed by atoms with Crippen molar-refractivity contribution < 1.29 is 14.3 Å². The van der Waals surface area contributed by atoms with Gasteiger partial charge in [0.05, 0.1) is 18.7 Å². The second-order valence-electron chi connectivity index (χ2n) is 5.10. The smallest absolute Gasteiger partial charge is 0.266 e. The van der Waals surface area contributed by atoms with Gasteiger partial charge >= 0.3 is 0 Å². The number of amides is 1. The molecule has 0 unspecified atom stereocenters. The molecule has 2 aromatic carbocycles. The van der Waals surface area contributed by atoms with E-state index in [2.05, 4.69) is 21.2 Å². The van der Waals surface area contributed by atoms with E-state index in [9.17, 15) is 10.1 Å². The standard InChI is InChI=1S/C19H16BrClN2O3/c1-3-26-18-16(21)9-12(10-17(18)25-2)8-13(11-22)19(24)23-15-6-4-14(20)5-7-15/h4-10H,3H2,1-2H3,(H,23,24)/b13-8-. The molecule has 0 aliphatic heterocycles. The highest BCUT2D eigenvalue weighted by Crippen LogP contribution is 2.37. The quantitative estimate of drug-likeness (QED) is 0.509. The van der Waals surface area contributed by atoms with E-state index >= 15 is 0 Å². The summed E-state index contributed by atoms with van der Waals surface area (Å²) in [5.74, 6) is 0.335. The highest BCUT2D eigenvalue weighted by Gasteiger charge is 2.14. The minimum absolute atomic E-state index is 0.0600. The van der Waals surface area contributed by atoms with Gasteiger partial charge in [-0.3, -0.25) is 4.79 Å². The molecule has 0 fully saturated rings. The van der Waals surface area contributed by atoms with Crippen molar-refractivity contribution in [2.75, 3.05) is 19.0 Å². The van der Waals surface area contributed by atoms with E-state index in [4.69, 9.17) is 21.1 Å². The van der Waals surface area contributed by atoms with Gasteiger partial charge in [0, 0.05) is 10.2 Å². The van der Waals surface area contributed by atoms with Gasteiger partial charge in [-0.25, -0.2) is 0 Å². The van der Waals surface area contributed by atoms with Gasteiger partial charge in [0.15, 0.2) is 11.5 Å². The van der Waals surface area contributed by atoms with Gasteiger partial charge in [-0.1, -0.05) is 27.5 Å². The first-order chi connectivity index (χ1) is 12.5. The Morgan fingerprint density at radius 1 is 1.35 bits per heavy atom. The van der Waals surface area contributed by atoms with Crippen molar-refractivity contribution in [1.29, 1.82) is 5.26 Å². The van der Waals surface area contributed by atoms with Crippen LogP contribution in [0.15, 0.2) is 46.4 Å². The van der Waals surface area contributed by atoms with Crippen LogP contribution in [-0.2, 0) is 4.79 Å². The van der Waals surface area contributed by atoms with Gasteiger partial charge < -0.3 is 14.8 Å². The molecule has 1 N–H and O–H groups in total. The fraction of sp³-hybridized carbons (Fsp3) is 0.158. The molecule has 0 heterocycles. The molecule has 7 heteroatoms. The molecule has 1 amide bonds. The van der Waals surface area contributed by atoms with Crippen molar-refractivity contribution in [2.24, 2.45) is 0 Å². The molecule has 0 radical (unpaired) electrons. The number of carbonyl (C=O) groups is 1. The highest BCUT2D eigenvalue weighted by molar-refractivity contribution is 9.10. The van der Waals surface area contributed by atoms with Crippen LogP contribution in [0.4, 0.5) is 5.69 Å². The molecular formula is C19H16BrClN2O3. The number of hydrogen-bond acceptors (Lipinski definition) is 4. The number of hydrogen-bond donors (Lipinski definition) is 1. The minimum atomic E-state index is -0.515. The summed E-state index contributed by atoms with van der Waals surface area (Å²) in [5.41, 5.74) is 1.08. The van der Waals surface area contributed by atoms with E-state index in [1.54, 1.807) is 36.4 Å². The Labute approximate surface area is 165 Å².